The van der Waals surface area contributed by atoms with Gasteiger partial charge in [-0.25, -0.2) is 13.1 Å². The standard InChI is InChI=1S/C16H22N4O3S/c1-4-9-17-16(21)13-5-7-15(8-6-13)24(22,23)19-11-14-10-18-20(3)12(14)2/h5-8,10,19H,4,9,11H2,1-3H3,(H,17,21). The van der Waals surface area contributed by atoms with Crippen LogP contribution in [0.4, 0.5) is 0 Å². The van der Waals surface area contributed by atoms with Crippen LogP contribution in [0.5, 0.6) is 0 Å². The Kier molecular flexibility index (Phi) is 5.74. The normalized spacial score (nSPS) is 11.5. The van der Waals surface area contributed by atoms with Crippen molar-refractivity contribution < 1.29 is 13.2 Å². The Balaban J connectivity index is 2.06. The van der Waals surface area contributed by atoms with E-state index >= 15 is 0 Å². The average molecular weight is 350 g/mol. The zero-order valence-corrected chi connectivity index (χ0v) is 14.9. The highest BCUT2D eigenvalue weighted by Gasteiger charge is 2.16. The van der Waals surface area contributed by atoms with Gasteiger partial charge in [0.15, 0.2) is 0 Å². The summed E-state index contributed by atoms with van der Waals surface area (Å²) in [7, 11) is -1.84. The molecule has 2 aromatic rings. The molecule has 130 valence electrons. The molecule has 1 heterocycles. The third-order valence-corrected chi connectivity index (χ3v) is 5.17. The highest BCUT2D eigenvalue weighted by atomic mass is 32.2. The highest BCUT2D eigenvalue weighted by Crippen LogP contribution is 2.12. The van der Waals surface area contributed by atoms with Gasteiger partial charge in [-0.05, 0) is 37.6 Å². The number of nitrogens with one attached hydrogen (secondary N) is 2. The zero-order chi connectivity index (χ0) is 17.7. The fraction of sp³-hybridized carbons (Fsp3) is 0.375. The molecule has 0 spiro atoms. The molecule has 2 N–H and O–H groups in total. The van der Waals surface area contributed by atoms with Crippen molar-refractivity contribution in [2.45, 2.75) is 31.7 Å². The van der Waals surface area contributed by atoms with Gasteiger partial charge >= 0.3 is 0 Å². The SMILES string of the molecule is CCCNC(=O)c1ccc(S(=O)(=O)NCc2cnn(C)c2C)cc1. The molecule has 1 aromatic carbocycles. The Morgan fingerprint density at radius 1 is 1.25 bits per heavy atom. The van der Waals surface area contributed by atoms with Crippen molar-refractivity contribution in [3.8, 4) is 0 Å². The lowest BCUT2D eigenvalue weighted by Gasteiger charge is -2.08. The molecule has 2 rings (SSSR count). The first-order valence-electron chi connectivity index (χ1n) is 7.70. The first kappa shape index (κ1) is 18.2. The third kappa shape index (κ3) is 4.21. The van der Waals surface area contributed by atoms with E-state index in [-0.39, 0.29) is 17.3 Å². The Morgan fingerprint density at radius 3 is 2.46 bits per heavy atom. The summed E-state index contributed by atoms with van der Waals surface area (Å²) >= 11 is 0. The highest BCUT2D eigenvalue weighted by molar-refractivity contribution is 7.89. The van der Waals surface area contributed by atoms with Crippen LogP contribution in [0.25, 0.3) is 0 Å². The molecule has 0 aliphatic heterocycles. The van der Waals surface area contributed by atoms with Crippen LogP contribution >= 0.6 is 0 Å². The number of hydrogen-bond donors (Lipinski definition) is 2. The molecular weight excluding hydrogens is 328 g/mol. The number of rotatable bonds is 7. The molecule has 0 saturated heterocycles. The molecule has 0 aliphatic rings. The fourth-order valence-corrected chi connectivity index (χ4v) is 3.11. The number of carbonyl (C=O) groups excluding carboxylic acids is 1. The second-order valence-electron chi connectivity index (χ2n) is 5.48. The van der Waals surface area contributed by atoms with Crippen LogP contribution in [0.1, 0.15) is 35.0 Å². The molecule has 0 unspecified atom stereocenters. The topological polar surface area (TPSA) is 93.1 Å². The van der Waals surface area contributed by atoms with Crippen molar-refractivity contribution in [1.29, 1.82) is 0 Å². The Hall–Kier alpha value is -2.19. The van der Waals surface area contributed by atoms with E-state index in [9.17, 15) is 13.2 Å². The van der Waals surface area contributed by atoms with Crippen molar-refractivity contribution in [2.75, 3.05) is 6.54 Å². The minimum atomic E-state index is -3.64. The number of amides is 1. The van der Waals surface area contributed by atoms with Crippen LogP contribution in [0, 0.1) is 6.92 Å². The molecule has 0 fully saturated rings. The predicted octanol–water partition coefficient (Wildman–Crippen LogP) is 1.35. The summed E-state index contributed by atoms with van der Waals surface area (Å²) in [5, 5.41) is 6.83. The van der Waals surface area contributed by atoms with Crippen molar-refractivity contribution in [1.82, 2.24) is 19.8 Å². The van der Waals surface area contributed by atoms with Crippen LogP contribution in [0.15, 0.2) is 35.4 Å². The van der Waals surface area contributed by atoms with Gasteiger partial charge in [0.25, 0.3) is 5.91 Å². The predicted molar refractivity (Wildman–Crippen MR) is 91.0 cm³/mol. The van der Waals surface area contributed by atoms with Gasteiger partial charge in [-0.1, -0.05) is 6.92 Å². The van der Waals surface area contributed by atoms with Crippen LogP contribution in [0.3, 0.4) is 0 Å². The number of hydrogen-bond acceptors (Lipinski definition) is 4. The summed E-state index contributed by atoms with van der Waals surface area (Å²) in [5.74, 6) is -0.209. The minimum absolute atomic E-state index is 0.121. The number of sulfonamides is 1. The number of aryl methyl sites for hydroxylation is 1. The molecule has 0 aliphatic carbocycles. The van der Waals surface area contributed by atoms with Gasteiger partial charge in [-0.15, -0.1) is 0 Å². The minimum Gasteiger partial charge on any atom is -0.352 e. The maximum absolute atomic E-state index is 12.3. The fourth-order valence-electron chi connectivity index (χ4n) is 2.10. The lowest BCUT2D eigenvalue weighted by atomic mass is 10.2. The van der Waals surface area contributed by atoms with Crippen LogP contribution < -0.4 is 10.0 Å². The Morgan fingerprint density at radius 2 is 1.92 bits per heavy atom. The molecular formula is C16H22N4O3S. The van der Waals surface area contributed by atoms with Gasteiger partial charge in [0.2, 0.25) is 10.0 Å². The van der Waals surface area contributed by atoms with E-state index in [4.69, 9.17) is 0 Å². The average Bonchev–Trinajstić information content (AvgIpc) is 2.90. The van der Waals surface area contributed by atoms with Crippen LogP contribution in [0.2, 0.25) is 0 Å². The number of aromatic nitrogens is 2. The van der Waals surface area contributed by atoms with E-state index in [1.54, 1.807) is 17.9 Å². The molecule has 0 bridgehead atoms. The van der Waals surface area contributed by atoms with Gasteiger partial charge in [-0.3, -0.25) is 9.48 Å². The van der Waals surface area contributed by atoms with Crippen LogP contribution in [-0.2, 0) is 23.6 Å². The van der Waals surface area contributed by atoms with Gasteiger partial charge in [0, 0.05) is 37.0 Å². The lowest BCUT2D eigenvalue weighted by Crippen LogP contribution is -2.25. The monoisotopic (exact) mass is 350 g/mol. The summed E-state index contributed by atoms with van der Waals surface area (Å²) < 4.78 is 28.9. The van der Waals surface area contributed by atoms with Gasteiger partial charge in [-0.2, -0.15) is 5.10 Å². The third-order valence-electron chi connectivity index (χ3n) is 3.75. The molecule has 8 heteroatoms. The van der Waals surface area contributed by atoms with Crippen molar-refractivity contribution in [3.05, 3.63) is 47.3 Å². The summed E-state index contributed by atoms with van der Waals surface area (Å²) in [4.78, 5) is 12.0. The smallest absolute Gasteiger partial charge is 0.251 e. The zero-order valence-electron chi connectivity index (χ0n) is 14.0. The molecule has 0 saturated carbocycles. The van der Waals surface area contributed by atoms with E-state index in [1.807, 2.05) is 13.8 Å². The quantitative estimate of drug-likeness (QED) is 0.788. The molecule has 7 nitrogen and oxygen atoms in total. The van der Waals surface area contributed by atoms with E-state index < -0.39 is 10.0 Å². The van der Waals surface area contributed by atoms with E-state index in [0.29, 0.717) is 12.1 Å². The van der Waals surface area contributed by atoms with Crippen molar-refractivity contribution in [3.63, 3.8) is 0 Å². The maximum Gasteiger partial charge on any atom is 0.251 e. The lowest BCUT2D eigenvalue weighted by molar-refractivity contribution is 0.0953. The largest absolute Gasteiger partial charge is 0.352 e. The van der Waals surface area contributed by atoms with Gasteiger partial charge < -0.3 is 5.32 Å². The first-order valence-corrected chi connectivity index (χ1v) is 9.19. The van der Waals surface area contributed by atoms with Crippen molar-refractivity contribution in [2.24, 2.45) is 7.05 Å². The van der Waals surface area contributed by atoms with Crippen molar-refractivity contribution >= 4 is 15.9 Å². The summed E-state index contributed by atoms with van der Waals surface area (Å²) in [6.07, 6.45) is 2.48. The molecule has 24 heavy (non-hydrogen) atoms. The second-order valence-corrected chi connectivity index (χ2v) is 7.25. The van der Waals surface area contributed by atoms with E-state index in [0.717, 1.165) is 17.7 Å². The molecule has 1 amide bonds. The molecule has 1 aromatic heterocycles. The number of nitrogens with zero attached hydrogens (tertiary/aromatic N) is 2. The summed E-state index contributed by atoms with van der Waals surface area (Å²) in [5.41, 5.74) is 2.16. The van der Waals surface area contributed by atoms with E-state index in [1.165, 1.54) is 24.3 Å². The summed E-state index contributed by atoms with van der Waals surface area (Å²) in [6, 6.07) is 5.88. The first-order chi connectivity index (χ1) is 11.3. The number of carbonyl (C=O) groups is 1. The van der Waals surface area contributed by atoms with Gasteiger partial charge in [0.05, 0.1) is 11.1 Å². The van der Waals surface area contributed by atoms with Crippen LogP contribution in [-0.4, -0.2) is 30.7 Å². The molecule has 0 atom stereocenters. The summed E-state index contributed by atoms with van der Waals surface area (Å²) in [6.45, 7) is 4.59. The Labute approximate surface area is 142 Å². The van der Waals surface area contributed by atoms with Gasteiger partial charge in [0.1, 0.15) is 0 Å². The second kappa shape index (κ2) is 7.59. The molecule has 0 radical (unpaired) electrons. The number of benzene rings is 1. The Bertz CT molecular complexity index is 810. The maximum atomic E-state index is 12.3. The van der Waals surface area contributed by atoms with E-state index in [2.05, 4.69) is 15.1 Å².